The molecule has 100 valence electrons. The molecule has 1 heterocycles. The van der Waals surface area contributed by atoms with E-state index in [0.717, 1.165) is 39.4 Å². The van der Waals surface area contributed by atoms with Crippen molar-refractivity contribution in [2.45, 2.75) is 6.92 Å². The number of hydrogen-bond donors (Lipinski definition) is 0. The maximum atomic E-state index is 11.7. The Morgan fingerprint density at radius 2 is 2.06 bits per heavy atom. The summed E-state index contributed by atoms with van der Waals surface area (Å²) in [5.41, 5.74) is 0. The highest BCUT2D eigenvalue weighted by Gasteiger charge is 2.19. The molecule has 1 atom stereocenters. The van der Waals surface area contributed by atoms with Gasteiger partial charge in [0.05, 0.1) is 19.1 Å². The Morgan fingerprint density at radius 3 is 2.65 bits per heavy atom. The minimum absolute atomic E-state index is 0.0599. The number of esters is 1. The zero-order chi connectivity index (χ0) is 12.7. The molecule has 1 unspecified atom stereocenters. The van der Waals surface area contributed by atoms with Gasteiger partial charge in [0.2, 0.25) is 0 Å². The number of nitrogens with zero attached hydrogens (tertiary/aromatic N) is 2. The van der Waals surface area contributed by atoms with Gasteiger partial charge in [-0.1, -0.05) is 6.92 Å². The van der Waals surface area contributed by atoms with Gasteiger partial charge >= 0.3 is 5.97 Å². The molecule has 0 spiro atoms. The first-order valence-corrected chi connectivity index (χ1v) is 6.21. The van der Waals surface area contributed by atoms with Crippen molar-refractivity contribution in [3.8, 4) is 0 Å². The molecule has 0 saturated carbocycles. The average Bonchev–Trinajstić information content (AvgIpc) is 2.29. The van der Waals surface area contributed by atoms with E-state index in [0.29, 0.717) is 6.61 Å². The number of morpholine rings is 1. The molecule has 5 nitrogen and oxygen atoms in total. The maximum Gasteiger partial charge on any atom is 0.309 e. The Balaban J connectivity index is 2.16. The van der Waals surface area contributed by atoms with Gasteiger partial charge in [-0.2, -0.15) is 0 Å². The van der Waals surface area contributed by atoms with Crippen LogP contribution in [0.5, 0.6) is 0 Å². The summed E-state index contributed by atoms with van der Waals surface area (Å²) in [4.78, 5) is 16.0. The fourth-order valence-electron chi connectivity index (χ4n) is 1.72. The second-order valence-electron chi connectivity index (χ2n) is 4.78. The lowest BCUT2D eigenvalue weighted by atomic mass is 10.1. The fraction of sp³-hybridized carbons (Fsp3) is 0.917. The largest absolute Gasteiger partial charge is 0.464 e. The van der Waals surface area contributed by atoms with Crippen LogP contribution < -0.4 is 0 Å². The van der Waals surface area contributed by atoms with Crippen LogP contribution in [0.4, 0.5) is 0 Å². The van der Waals surface area contributed by atoms with Crippen molar-refractivity contribution in [2.75, 3.05) is 60.1 Å². The SMILES string of the molecule is CC(CN1CCOCC1)C(=O)OCCN(C)C. The number of carbonyl (C=O) groups excluding carboxylic acids is 1. The van der Waals surface area contributed by atoms with Crippen molar-refractivity contribution < 1.29 is 14.3 Å². The molecule has 1 saturated heterocycles. The Labute approximate surface area is 104 Å². The van der Waals surface area contributed by atoms with Crippen LogP contribution in [-0.2, 0) is 14.3 Å². The van der Waals surface area contributed by atoms with Crippen LogP contribution in [-0.4, -0.2) is 75.9 Å². The van der Waals surface area contributed by atoms with Crippen molar-refractivity contribution in [2.24, 2.45) is 5.92 Å². The lowest BCUT2D eigenvalue weighted by Gasteiger charge is -2.28. The number of carbonyl (C=O) groups is 1. The Kier molecular flexibility index (Phi) is 6.47. The molecular formula is C12H24N2O3. The third-order valence-corrected chi connectivity index (χ3v) is 2.82. The number of likely N-dealkylation sites (N-methyl/N-ethyl adjacent to an activating group) is 1. The lowest BCUT2D eigenvalue weighted by molar-refractivity contribution is -0.149. The first kappa shape index (κ1) is 14.4. The first-order valence-electron chi connectivity index (χ1n) is 6.21. The highest BCUT2D eigenvalue weighted by atomic mass is 16.5. The van der Waals surface area contributed by atoms with Gasteiger partial charge in [0.25, 0.3) is 0 Å². The fourth-order valence-corrected chi connectivity index (χ4v) is 1.72. The van der Waals surface area contributed by atoms with Gasteiger partial charge in [0, 0.05) is 26.2 Å². The van der Waals surface area contributed by atoms with Gasteiger partial charge in [-0.15, -0.1) is 0 Å². The quantitative estimate of drug-likeness (QED) is 0.618. The minimum atomic E-state index is -0.0988. The zero-order valence-corrected chi connectivity index (χ0v) is 11.1. The predicted octanol–water partition coefficient (Wildman–Crippen LogP) is 0.0595. The van der Waals surface area contributed by atoms with Crippen LogP contribution in [0.3, 0.4) is 0 Å². The van der Waals surface area contributed by atoms with E-state index in [1.807, 2.05) is 25.9 Å². The summed E-state index contributed by atoms with van der Waals surface area (Å²) < 4.78 is 10.5. The van der Waals surface area contributed by atoms with Gasteiger partial charge in [-0.3, -0.25) is 9.69 Å². The molecule has 5 heteroatoms. The Hall–Kier alpha value is -0.650. The normalized spacial score (nSPS) is 19.3. The summed E-state index contributed by atoms with van der Waals surface area (Å²) in [5, 5.41) is 0. The molecule has 1 aliphatic rings. The lowest BCUT2D eigenvalue weighted by Crippen LogP contribution is -2.40. The van der Waals surface area contributed by atoms with E-state index in [9.17, 15) is 4.79 Å². The molecule has 1 aliphatic heterocycles. The summed E-state index contributed by atoms with van der Waals surface area (Å²) in [7, 11) is 3.93. The Morgan fingerprint density at radius 1 is 1.41 bits per heavy atom. The summed E-state index contributed by atoms with van der Waals surface area (Å²) in [5.74, 6) is -0.159. The highest BCUT2D eigenvalue weighted by molar-refractivity contribution is 5.72. The van der Waals surface area contributed by atoms with E-state index in [1.165, 1.54) is 0 Å². The second-order valence-corrected chi connectivity index (χ2v) is 4.78. The number of ether oxygens (including phenoxy) is 2. The monoisotopic (exact) mass is 244 g/mol. The molecule has 0 radical (unpaired) electrons. The van der Waals surface area contributed by atoms with Crippen LogP contribution in [0, 0.1) is 5.92 Å². The summed E-state index contributed by atoms with van der Waals surface area (Å²) in [6.45, 7) is 7.29. The number of rotatable bonds is 6. The van der Waals surface area contributed by atoms with E-state index in [4.69, 9.17) is 9.47 Å². The summed E-state index contributed by atoms with van der Waals surface area (Å²) in [6.07, 6.45) is 0. The predicted molar refractivity (Wildman–Crippen MR) is 65.9 cm³/mol. The van der Waals surface area contributed by atoms with Crippen LogP contribution >= 0.6 is 0 Å². The standard InChI is InChI=1S/C12H24N2O3/c1-11(10-14-5-7-16-8-6-14)12(15)17-9-4-13(2)3/h11H,4-10H2,1-3H3. The van der Waals surface area contributed by atoms with Gasteiger partial charge in [-0.25, -0.2) is 0 Å². The van der Waals surface area contributed by atoms with Gasteiger partial charge in [-0.05, 0) is 14.1 Å². The van der Waals surface area contributed by atoms with Crippen molar-refractivity contribution in [1.82, 2.24) is 9.80 Å². The van der Waals surface area contributed by atoms with Crippen molar-refractivity contribution in [3.05, 3.63) is 0 Å². The van der Waals surface area contributed by atoms with Crippen LogP contribution in [0.2, 0.25) is 0 Å². The molecular weight excluding hydrogens is 220 g/mol. The molecule has 0 bridgehead atoms. The third-order valence-electron chi connectivity index (χ3n) is 2.82. The Bertz CT molecular complexity index is 228. The molecule has 1 fully saturated rings. The summed E-state index contributed by atoms with van der Waals surface area (Å²) in [6, 6.07) is 0. The molecule has 0 aliphatic carbocycles. The van der Waals surface area contributed by atoms with Gasteiger partial charge < -0.3 is 14.4 Å². The topological polar surface area (TPSA) is 42.0 Å². The first-order chi connectivity index (χ1) is 8.09. The molecule has 0 N–H and O–H groups in total. The van der Waals surface area contributed by atoms with Gasteiger partial charge in [0.1, 0.15) is 6.61 Å². The molecule has 17 heavy (non-hydrogen) atoms. The number of hydrogen-bond acceptors (Lipinski definition) is 5. The maximum absolute atomic E-state index is 11.7. The van der Waals surface area contributed by atoms with E-state index in [2.05, 4.69) is 4.90 Å². The molecule has 0 amide bonds. The molecule has 0 aromatic carbocycles. The molecule has 1 rings (SSSR count). The molecule has 0 aromatic heterocycles. The third kappa shape index (κ3) is 6.00. The van der Waals surface area contributed by atoms with Crippen LogP contribution in [0.25, 0.3) is 0 Å². The van der Waals surface area contributed by atoms with E-state index in [-0.39, 0.29) is 11.9 Å². The minimum Gasteiger partial charge on any atom is -0.464 e. The van der Waals surface area contributed by atoms with Crippen molar-refractivity contribution in [1.29, 1.82) is 0 Å². The van der Waals surface area contributed by atoms with E-state index in [1.54, 1.807) is 0 Å². The van der Waals surface area contributed by atoms with Crippen molar-refractivity contribution >= 4 is 5.97 Å². The van der Waals surface area contributed by atoms with Crippen molar-refractivity contribution in [3.63, 3.8) is 0 Å². The van der Waals surface area contributed by atoms with E-state index < -0.39 is 0 Å². The molecule has 0 aromatic rings. The van der Waals surface area contributed by atoms with Crippen LogP contribution in [0.15, 0.2) is 0 Å². The highest BCUT2D eigenvalue weighted by Crippen LogP contribution is 2.05. The zero-order valence-electron chi connectivity index (χ0n) is 11.1. The second kappa shape index (κ2) is 7.63. The average molecular weight is 244 g/mol. The van der Waals surface area contributed by atoms with Gasteiger partial charge in [0.15, 0.2) is 0 Å². The van der Waals surface area contributed by atoms with E-state index >= 15 is 0 Å². The van der Waals surface area contributed by atoms with Crippen LogP contribution in [0.1, 0.15) is 6.92 Å². The summed E-state index contributed by atoms with van der Waals surface area (Å²) >= 11 is 0. The smallest absolute Gasteiger partial charge is 0.309 e.